The van der Waals surface area contributed by atoms with Crippen molar-refractivity contribution < 1.29 is 4.39 Å². The monoisotopic (exact) mass is 223 g/mol. The van der Waals surface area contributed by atoms with Gasteiger partial charge in [0.1, 0.15) is 11.6 Å². The van der Waals surface area contributed by atoms with Crippen LogP contribution in [0.2, 0.25) is 0 Å². The van der Waals surface area contributed by atoms with Crippen molar-refractivity contribution in [3.05, 3.63) is 23.6 Å². The molecule has 0 bridgehead atoms. The van der Waals surface area contributed by atoms with E-state index in [9.17, 15) is 4.39 Å². The maximum absolute atomic E-state index is 13.0. The average Bonchev–Trinajstić information content (AvgIpc) is 2.77. The van der Waals surface area contributed by atoms with Gasteiger partial charge in [-0.05, 0) is 18.4 Å². The van der Waals surface area contributed by atoms with Crippen LogP contribution in [0.5, 0.6) is 0 Å². The minimum absolute atomic E-state index is 0.310. The number of anilines is 1. The van der Waals surface area contributed by atoms with Crippen LogP contribution in [0.1, 0.15) is 25.3 Å². The quantitative estimate of drug-likeness (QED) is 0.851. The van der Waals surface area contributed by atoms with Crippen LogP contribution in [0, 0.1) is 11.7 Å². The lowest BCUT2D eigenvalue weighted by atomic mass is 10.1. The third-order valence-corrected chi connectivity index (χ3v) is 3.29. The lowest BCUT2D eigenvalue weighted by Crippen LogP contribution is -2.23. The number of nitrogens with zero attached hydrogens (tertiary/aromatic N) is 2. The number of rotatable bonds is 3. The number of pyridine rings is 1. The molecule has 3 nitrogen and oxygen atoms in total. The van der Waals surface area contributed by atoms with Crippen LogP contribution in [0.4, 0.5) is 10.2 Å². The third-order valence-electron chi connectivity index (χ3n) is 3.29. The van der Waals surface area contributed by atoms with E-state index in [-0.39, 0.29) is 5.82 Å². The summed E-state index contributed by atoms with van der Waals surface area (Å²) in [5.74, 6) is 1.28. The molecule has 2 rings (SSSR count). The number of halogens is 1. The molecule has 1 aromatic heterocycles. The highest BCUT2D eigenvalue weighted by Crippen LogP contribution is 2.26. The Labute approximate surface area is 95.5 Å². The molecule has 0 saturated carbocycles. The van der Waals surface area contributed by atoms with Crippen LogP contribution in [-0.2, 0) is 6.54 Å². The smallest absolute Gasteiger partial charge is 0.141 e. The fraction of sp³-hybridized carbons (Fsp3) is 0.583. The molecule has 1 fully saturated rings. The Hall–Kier alpha value is -1.16. The van der Waals surface area contributed by atoms with Gasteiger partial charge in [0.15, 0.2) is 0 Å². The molecule has 0 radical (unpaired) electrons. The summed E-state index contributed by atoms with van der Waals surface area (Å²) in [4.78, 5) is 6.39. The topological polar surface area (TPSA) is 42.2 Å². The standard InChI is InChI=1S/C12H18FN3/c1-2-9-3-4-16(8-9)12-10(6-14)5-11(13)7-15-12/h5,7,9H,2-4,6,8,14H2,1H3. The molecule has 1 aromatic rings. The average molecular weight is 223 g/mol. The van der Waals surface area contributed by atoms with Crippen molar-refractivity contribution in [2.75, 3.05) is 18.0 Å². The Balaban J connectivity index is 2.20. The van der Waals surface area contributed by atoms with Gasteiger partial charge in [-0.15, -0.1) is 0 Å². The minimum Gasteiger partial charge on any atom is -0.356 e. The van der Waals surface area contributed by atoms with E-state index in [4.69, 9.17) is 5.73 Å². The van der Waals surface area contributed by atoms with Gasteiger partial charge in [-0.25, -0.2) is 9.37 Å². The molecule has 1 aliphatic heterocycles. The molecule has 1 aliphatic rings. The SMILES string of the molecule is CCC1CCN(c2ncc(F)cc2CN)C1. The first-order valence-electron chi connectivity index (χ1n) is 5.84. The highest BCUT2D eigenvalue weighted by atomic mass is 19.1. The van der Waals surface area contributed by atoms with E-state index in [1.807, 2.05) is 0 Å². The summed E-state index contributed by atoms with van der Waals surface area (Å²) in [6.45, 7) is 4.57. The van der Waals surface area contributed by atoms with Crippen molar-refractivity contribution in [3.8, 4) is 0 Å². The van der Waals surface area contributed by atoms with Crippen molar-refractivity contribution in [3.63, 3.8) is 0 Å². The van der Waals surface area contributed by atoms with Crippen molar-refractivity contribution >= 4 is 5.82 Å². The van der Waals surface area contributed by atoms with Crippen LogP contribution in [0.25, 0.3) is 0 Å². The van der Waals surface area contributed by atoms with E-state index in [0.29, 0.717) is 6.54 Å². The number of nitrogens with two attached hydrogens (primary N) is 1. The number of aromatic nitrogens is 1. The van der Waals surface area contributed by atoms with Crippen molar-refractivity contribution in [1.82, 2.24) is 4.98 Å². The molecular weight excluding hydrogens is 205 g/mol. The highest BCUT2D eigenvalue weighted by Gasteiger charge is 2.23. The molecule has 16 heavy (non-hydrogen) atoms. The lowest BCUT2D eigenvalue weighted by Gasteiger charge is -2.20. The van der Waals surface area contributed by atoms with Gasteiger partial charge in [0.2, 0.25) is 0 Å². The van der Waals surface area contributed by atoms with Gasteiger partial charge in [0.25, 0.3) is 0 Å². The summed E-state index contributed by atoms with van der Waals surface area (Å²) in [6.07, 6.45) is 3.66. The Bertz CT molecular complexity index is 367. The molecule has 2 heterocycles. The van der Waals surface area contributed by atoms with Crippen molar-refractivity contribution in [1.29, 1.82) is 0 Å². The van der Waals surface area contributed by atoms with Gasteiger partial charge in [-0.1, -0.05) is 13.3 Å². The Kier molecular flexibility index (Phi) is 3.39. The van der Waals surface area contributed by atoms with Crippen molar-refractivity contribution in [2.24, 2.45) is 11.7 Å². The normalized spacial score (nSPS) is 20.4. The maximum Gasteiger partial charge on any atom is 0.141 e. The molecule has 1 unspecified atom stereocenters. The number of hydrogen-bond donors (Lipinski definition) is 1. The van der Waals surface area contributed by atoms with Crippen molar-refractivity contribution in [2.45, 2.75) is 26.3 Å². The molecule has 88 valence electrons. The predicted molar refractivity (Wildman–Crippen MR) is 62.7 cm³/mol. The van der Waals surface area contributed by atoms with E-state index in [1.54, 1.807) is 0 Å². The zero-order chi connectivity index (χ0) is 11.5. The molecule has 2 N–H and O–H groups in total. The third kappa shape index (κ3) is 2.16. The zero-order valence-electron chi connectivity index (χ0n) is 9.62. The van der Waals surface area contributed by atoms with Crippen LogP contribution in [0.3, 0.4) is 0 Å². The zero-order valence-corrected chi connectivity index (χ0v) is 9.62. The lowest BCUT2D eigenvalue weighted by molar-refractivity contribution is 0.568. The van der Waals surface area contributed by atoms with E-state index >= 15 is 0 Å². The van der Waals surface area contributed by atoms with Gasteiger partial charge in [0, 0.05) is 25.2 Å². The van der Waals surface area contributed by atoms with Crippen LogP contribution < -0.4 is 10.6 Å². The van der Waals surface area contributed by atoms with E-state index in [2.05, 4.69) is 16.8 Å². The van der Waals surface area contributed by atoms with E-state index in [0.717, 1.165) is 30.4 Å². The number of hydrogen-bond acceptors (Lipinski definition) is 3. The molecule has 0 spiro atoms. The molecule has 0 aliphatic carbocycles. The summed E-state index contributed by atoms with van der Waals surface area (Å²) >= 11 is 0. The van der Waals surface area contributed by atoms with Gasteiger partial charge in [-0.3, -0.25) is 0 Å². The fourth-order valence-electron chi connectivity index (χ4n) is 2.27. The molecule has 0 amide bonds. The molecular formula is C12H18FN3. The molecule has 1 atom stereocenters. The van der Waals surface area contributed by atoms with E-state index in [1.165, 1.54) is 25.1 Å². The van der Waals surface area contributed by atoms with Gasteiger partial charge in [-0.2, -0.15) is 0 Å². The van der Waals surface area contributed by atoms with Gasteiger partial charge < -0.3 is 10.6 Å². The first-order valence-corrected chi connectivity index (χ1v) is 5.84. The maximum atomic E-state index is 13.0. The predicted octanol–water partition coefficient (Wildman–Crippen LogP) is 1.92. The second-order valence-electron chi connectivity index (χ2n) is 4.35. The Morgan fingerprint density at radius 3 is 3.06 bits per heavy atom. The summed E-state index contributed by atoms with van der Waals surface area (Å²) in [7, 11) is 0. The second kappa shape index (κ2) is 4.78. The first kappa shape index (κ1) is 11.3. The van der Waals surface area contributed by atoms with Gasteiger partial charge in [0.05, 0.1) is 6.20 Å². The summed E-state index contributed by atoms with van der Waals surface area (Å²) in [6, 6.07) is 1.49. The Morgan fingerprint density at radius 2 is 2.44 bits per heavy atom. The largest absolute Gasteiger partial charge is 0.356 e. The Morgan fingerprint density at radius 1 is 1.62 bits per heavy atom. The van der Waals surface area contributed by atoms with Crippen LogP contribution >= 0.6 is 0 Å². The van der Waals surface area contributed by atoms with Gasteiger partial charge >= 0.3 is 0 Å². The summed E-state index contributed by atoms with van der Waals surface area (Å²) in [5, 5.41) is 0. The first-order chi connectivity index (χ1) is 7.74. The highest BCUT2D eigenvalue weighted by molar-refractivity contribution is 5.47. The van der Waals surface area contributed by atoms with Crippen LogP contribution in [0.15, 0.2) is 12.3 Å². The van der Waals surface area contributed by atoms with Crippen LogP contribution in [-0.4, -0.2) is 18.1 Å². The summed E-state index contributed by atoms with van der Waals surface area (Å²) in [5.41, 5.74) is 6.42. The summed E-state index contributed by atoms with van der Waals surface area (Å²) < 4.78 is 13.0. The molecule has 1 saturated heterocycles. The molecule has 4 heteroatoms. The minimum atomic E-state index is -0.310. The second-order valence-corrected chi connectivity index (χ2v) is 4.35. The fourth-order valence-corrected chi connectivity index (χ4v) is 2.27. The van der Waals surface area contributed by atoms with E-state index < -0.39 is 0 Å². The molecule has 0 aromatic carbocycles.